The normalized spacial score (nSPS) is 15.9. The Morgan fingerprint density at radius 3 is 2.46 bits per heavy atom. The average Bonchev–Trinajstić information content (AvgIpc) is 3.15. The van der Waals surface area contributed by atoms with Gasteiger partial charge < -0.3 is 10.1 Å². The molecular weight excluding hydrogens is 388 g/mol. The van der Waals surface area contributed by atoms with Crippen LogP contribution < -0.4 is 5.32 Å². The highest BCUT2D eigenvalue weighted by molar-refractivity contribution is 8.01. The number of rotatable bonds is 5. The molecular formula is C22H22N2O2S2. The minimum atomic E-state index is -0.536. The second-order valence-electron chi connectivity index (χ2n) is 6.90. The molecule has 0 saturated carbocycles. The van der Waals surface area contributed by atoms with Crippen LogP contribution in [0, 0.1) is 6.92 Å². The van der Waals surface area contributed by atoms with Gasteiger partial charge in [-0.25, -0.2) is 4.98 Å². The van der Waals surface area contributed by atoms with Crippen LogP contribution in [0.15, 0.2) is 69.2 Å². The second-order valence-corrected chi connectivity index (χ2v) is 9.07. The highest BCUT2D eigenvalue weighted by Crippen LogP contribution is 2.36. The molecule has 1 fully saturated rings. The summed E-state index contributed by atoms with van der Waals surface area (Å²) in [7, 11) is 0. The van der Waals surface area contributed by atoms with Gasteiger partial charge in [-0.1, -0.05) is 42.1 Å². The number of nitrogens with one attached hydrogen (secondary N) is 1. The van der Waals surface area contributed by atoms with E-state index in [2.05, 4.69) is 10.3 Å². The number of anilines is 1. The Balaban J connectivity index is 1.50. The van der Waals surface area contributed by atoms with Gasteiger partial charge in [0.05, 0.1) is 5.41 Å². The summed E-state index contributed by atoms with van der Waals surface area (Å²) >= 11 is 3.28. The van der Waals surface area contributed by atoms with E-state index >= 15 is 0 Å². The zero-order valence-electron chi connectivity index (χ0n) is 15.7. The van der Waals surface area contributed by atoms with Gasteiger partial charge in [0.25, 0.3) is 0 Å². The van der Waals surface area contributed by atoms with E-state index in [1.54, 1.807) is 23.1 Å². The molecule has 144 valence electrons. The van der Waals surface area contributed by atoms with E-state index in [1.807, 2.05) is 66.9 Å². The van der Waals surface area contributed by atoms with Gasteiger partial charge in [-0.05, 0) is 49.6 Å². The van der Waals surface area contributed by atoms with E-state index in [-0.39, 0.29) is 5.91 Å². The zero-order chi connectivity index (χ0) is 19.4. The van der Waals surface area contributed by atoms with Crippen LogP contribution in [0.2, 0.25) is 0 Å². The lowest BCUT2D eigenvalue weighted by Crippen LogP contribution is -2.44. The zero-order valence-corrected chi connectivity index (χ0v) is 17.3. The number of amides is 1. The summed E-state index contributed by atoms with van der Waals surface area (Å²) in [6, 6.07) is 18.0. The summed E-state index contributed by atoms with van der Waals surface area (Å²) in [5, 5.41) is 5.18. The lowest BCUT2D eigenvalue weighted by Gasteiger charge is -2.36. The van der Waals surface area contributed by atoms with E-state index in [9.17, 15) is 4.79 Å². The van der Waals surface area contributed by atoms with Crippen molar-refractivity contribution in [1.82, 2.24) is 4.98 Å². The summed E-state index contributed by atoms with van der Waals surface area (Å²) in [6.07, 6.45) is 1.39. The van der Waals surface area contributed by atoms with E-state index in [0.717, 1.165) is 26.2 Å². The van der Waals surface area contributed by atoms with Gasteiger partial charge in [0, 0.05) is 34.9 Å². The Morgan fingerprint density at radius 2 is 1.82 bits per heavy atom. The van der Waals surface area contributed by atoms with Gasteiger partial charge in [0.1, 0.15) is 0 Å². The molecule has 1 amide bonds. The number of carbonyl (C=O) groups is 1. The smallest absolute Gasteiger partial charge is 0.235 e. The average molecular weight is 411 g/mol. The van der Waals surface area contributed by atoms with Crippen molar-refractivity contribution >= 4 is 34.7 Å². The third-order valence-corrected chi connectivity index (χ3v) is 7.09. The number of hydrogen-bond acceptors (Lipinski definition) is 5. The third-order valence-electron chi connectivity index (χ3n) is 5.02. The molecule has 2 aromatic carbocycles. The minimum absolute atomic E-state index is 0.0398. The highest BCUT2D eigenvalue weighted by atomic mass is 32.2. The molecule has 0 bridgehead atoms. The van der Waals surface area contributed by atoms with Crippen LogP contribution in [-0.4, -0.2) is 24.1 Å². The largest absolute Gasteiger partial charge is 0.381 e. The molecule has 1 aromatic heterocycles. The summed E-state index contributed by atoms with van der Waals surface area (Å²) in [5.74, 6) is 0.0398. The van der Waals surface area contributed by atoms with Crippen molar-refractivity contribution in [1.29, 1.82) is 0 Å². The molecule has 0 spiro atoms. The predicted molar refractivity (Wildman–Crippen MR) is 114 cm³/mol. The van der Waals surface area contributed by atoms with Crippen LogP contribution in [0.1, 0.15) is 24.1 Å². The van der Waals surface area contributed by atoms with Crippen molar-refractivity contribution in [2.45, 2.75) is 34.4 Å². The Kier molecular flexibility index (Phi) is 5.80. The third kappa shape index (κ3) is 4.14. The molecule has 3 aromatic rings. The first kappa shape index (κ1) is 19.2. The molecule has 2 heterocycles. The Bertz CT molecular complexity index is 933. The SMILES string of the molecule is Cc1csc(Sc2ccc(NC(=O)C3(c4ccccc4)CCOCC3)cc2)n1. The topological polar surface area (TPSA) is 51.2 Å². The highest BCUT2D eigenvalue weighted by Gasteiger charge is 2.41. The van der Waals surface area contributed by atoms with Gasteiger partial charge in [-0.3, -0.25) is 4.79 Å². The molecule has 0 unspecified atom stereocenters. The standard InChI is InChI=1S/C22H22N2O2S2/c1-16-15-27-21(23-16)28-19-9-7-18(8-10-19)24-20(25)22(11-13-26-14-12-22)17-5-3-2-4-6-17/h2-10,15H,11-14H2,1H3,(H,24,25). The van der Waals surface area contributed by atoms with Crippen LogP contribution in [0.3, 0.4) is 0 Å². The van der Waals surface area contributed by atoms with E-state index < -0.39 is 5.41 Å². The Morgan fingerprint density at radius 1 is 1.11 bits per heavy atom. The fourth-order valence-electron chi connectivity index (χ4n) is 3.46. The number of ether oxygens (including phenoxy) is 1. The molecule has 1 saturated heterocycles. The van der Waals surface area contributed by atoms with Crippen molar-refractivity contribution in [3.8, 4) is 0 Å². The van der Waals surface area contributed by atoms with Crippen molar-refractivity contribution in [2.24, 2.45) is 0 Å². The maximum absolute atomic E-state index is 13.3. The quantitative estimate of drug-likeness (QED) is 0.621. The molecule has 6 heteroatoms. The van der Waals surface area contributed by atoms with Gasteiger partial charge >= 0.3 is 0 Å². The van der Waals surface area contributed by atoms with E-state index in [0.29, 0.717) is 26.1 Å². The fourth-order valence-corrected chi connectivity index (χ4v) is 5.27. The maximum Gasteiger partial charge on any atom is 0.235 e. The fraction of sp³-hybridized carbons (Fsp3) is 0.273. The molecule has 4 nitrogen and oxygen atoms in total. The molecule has 0 radical (unpaired) electrons. The van der Waals surface area contributed by atoms with Crippen LogP contribution in [-0.2, 0) is 14.9 Å². The summed E-state index contributed by atoms with van der Waals surface area (Å²) < 4.78 is 6.56. The molecule has 4 rings (SSSR count). The minimum Gasteiger partial charge on any atom is -0.381 e. The number of nitrogens with zero attached hydrogens (tertiary/aromatic N) is 1. The lowest BCUT2D eigenvalue weighted by molar-refractivity contribution is -0.125. The Labute approximate surface area is 173 Å². The molecule has 1 aliphatic heterocycles. The molecule has 1 N–H and O–H groups in total. The van der Waals surface area contributed by atoms with Crippen LogP contribution in [0.25, 0.3) is 0 Å². The molecule has 1 aliphatic rings. The first-order valence-electron chi connectivity index (χ1n) is 9.30. The van der Waals surface area contributed by atoms with Gasteiger partial charge in [0.15, 0.2) is 4.34 Å². The number of hydrogen-bond donors (Lipinski definition) is 1. The van der Waals surface area contributed by atoms with Crippen LogP contribution in [0.4, 0.5) is 5.69 Å². The van der Waals surface area contributed by atoms with Crippen LogP contribution >= 0.6 is 23.1 Å². The number of benzene rings is 2. The Hall–Kier alpha value is -2.15. The van der Waals surface area contributed by atoms with Crippen molar-refractivity contribution < 1.29 is 9.53 Å². The summed E-state index contributed by atoms with van der Waals surface area (Å²) in [5.41, 5.74) is 2.37. The van der Waals surface area contributed by atoms with Crippen molar-refractivity contribution in [2.75, 3.05) is 18.5 Å². The number of aryl methyl sites for hydroxylation is 1. The van der Waals surface area contributed by atoms with E-state index in [1.165, 1.54) is 0 Å². The molecule has 0 aliphatic carbocycles. The van der Waals surface area contributed by atoms with Gasteiger partial charge in [0.2, 0.25) is 5.91 Å². The monoisotopic (exact) mass is 410 g/mol. The van der Waals surface area contributed by atoms with Gasteiger partial charge in [-0.2, -0.15) is 0 Å². The number of aromatic nitrogens is 1. The summed E-state index contributed by atoms with van der Waals surface area (Å²) in [4.78, 5) is 18.9. The van der Waals surface area contributed by atoms with Gasteiger partial charge in [-0.15, -0.1) is 11.3 Å². The van der Waals surface area contributed by atoms with E-state index in [4.69, 9.17) is 4.74 Å². The maximum atomic E-state index is 13.3. The second kappa shape index (κ2) is 8.47. The van der Waals surface area contributed by atoms with Crippen molar-refractivity contribution in [3.05, 3.63) is 71.2 Å². The number of thiazole rings is 1. The number of carbonyl (C=O) groups excluding carboxylic acids is 1. The summed E-state index contributed by atoms with van der Waals surface area (Å²) in [6.45, 7) is 3.20. The predicted octanol–water partition coefficient (Wildman–Crippen LogP) is 5.29. The van der Waals surface area contributed by atoms with Crippen LogP contribution in [0.5, 0.6) is 0 Å². The molecule has 28 heavy (non-hydrogen) atoms. The first-order valence-corrected chi connectivity index (χ1v) is 11.0. The molecule has 0 atom stereocenters. The lowest BCUT2D eigenvalue weighted by atomic mass is 9.73. The van der Waals surface area contributed by atoms with Crippen molar-refractivity contribution in [3.63, 3.8) is 0 Å². The first-order chi connectivity index (χ1) is 13.7.